The van der Waals surface area contributed by atoms with Crippen molar-refractivity contribution in [2.24, 2.45) is 0 Å². The van der Waals surface area contributed by atoms with Crippen molar-refractivity contribution in [3.8, 4) is 0 Å². The van der Waals surface area contributed by atoms with Gasteiger partial charge in [-0.1, -0.05) is 12.1 Å². The highest BCUT2D eigenvalue weighted by molar-refractivity contribution is 8.01. The van der Waals surface area contributed by atoms with E-state index in [4.69, 9.17) is 0 Å². The average Bonchev–Trinajstić information content (AvgIpc) is 2.60. The third-order valence-corrected chi connectivity index (χ3v) is 5.28. The number of hydrogen-bond acceptors (Lipinski definition) is 3. The first-order chi connectivity index (χ1) is 13.4. The monoisotopic (exact) mass is 434 g/mol. The molecule has 2 amide bonds. The van der Waals surface area contributed by atoms with Gasteiger partial charge in [-0.2, -0.15) is 26.3 Å². The molecule has 1 heterocycles. The van der Waals surface area contributed by atoms with Crippen molar-refractivity contribution in [3.63, 3.8) is 0 Å². The van der Waals surface area contributed by atoms with E-state index in [1.54, 1.807) is 0 Å². The normalized spacial score (nSPS) is 16.8. The third-order valence-electron chi connectivity index (χ3n) is 4.00. The SMILES string of the molecule is O=C(CC1Sc2ccc(C(F)(F)F)cc2NC1=O)Nc1ccccc1C(F)(F)F. The number of thioether (sulfide) groups is 1. The van der Waals surface area contributed by atoms with E-state index in [1.807, 2.05) is 0 Å². The van der Waals surface area contributed by atoms with E-state index in [0.717, 1.165) is 36.0 Å². The second kappa shape index (κ2) is 7.62. The lowest BCUT2D eigenvalue weighted by Crippen LogP contribution is -2.32. The molecule has 0 aliphatic carbocycles. The topological polar surface area (TPSA) is 58.2 Å². The molecule has 1 atom stereocenters. The Bertz CT molecular complexity index is 958. The van der Waals surface area contributed by atoms with Crippen LogP contribution in [-0.4, -0.2) is 17.1 Å². The molecule has 3 rings (SSSR count). The number of anilines is 2. The van der Waals surface area contributed by atoms with Crippen LogP contribution in [0.4, 0.5) is 37.7 Å². The number of amides is 2. The highest BCUT2D eigenvalue weighted by Crippen LogP contribution is 2.41. The van der Waals surface area contributed by atoms with E-state index in [0.29, 0.717) is 4.90 Å². The van der Waals surface area contributed by atoms with Gasteiger partial charge in [0.25, 0.3) is 0 Å². The van der Waals surface area contributed by atoms with Crippen molar-refractivity contribution < 1.29 is 35.9 Å². The molecule has 154 valence electrons. The number of halogens is 6. The summed E-state index contributed by atoms with van der Waals surface area (Å²) in [6.07, 6.45) is -9.70. The van der Waals surface area contributed by atoms with Gasteiger partial charge in [0.05, 0.1) is 27.8 Å². The van der Waals surface area contributed by atoms with Gasteiger partial charge in [0.2, 0.25) is 11.8 Å². The number of benzene rings is 2. The zero-order valence-electron chi connectivity index (χ0n) is 14.3. The number of hydrogen-bond donors (Lipinski definition) is 2. The molecule has 0 radical (unpaired) electrons. The number of nitrogens with one attached hydrogen (secondary N) is 2. The van der Waals surface area contributed by atoms with Gasteiger partial charge in [-0.25, -0.2) is 0 Å². The van der Waals surface area contributed by atoms with Gasteiger partial charge in [-0.05, 0) is 30.3 Å². The van der Waals surface area contributed by atoms with E-state index in [9.17, 15) is 35.9 Å². The first kappa shape index (κ1) is 21.0. The highest BCUT2D eigenvalue weighted by Gasteiger charge is 2.36. The molecule has 2 aromatic carbocycles. The fraction of sp³-hybridized carbons (Fsp3) is 0.222. The lowest BCUT2D eigenvalue weighted by molar-refractivity contribution is -0.138. The van der Waals surface area contributed by atoms with E-state index in [1.165, 1.54) is 18.2 Å². The second-order valence-electron chi connectivity index (χ2n) is 6.10. The molecule has 0 saturated heterocycles. The standard InChI is InChI=1S/C18H12F6N2O2S/c19-17(20,21)9-5-6-13-12(7-9)26-16(28)14(29-13)8-15(27)25-11-4-2-1-3-10(11)18(22,23)24/h1-7,14H,8H2,(H,25,27)(H,26,28). The maximum Gasteiger partial charge on any atom is 0.418 e. The fourth-order valence-electron chi connectivity index (χ4n) is 2.67. The van der Waals surface area contributed by atoms with Crippen LogP contribution in [0.15, 0.2) is 47.4 Å². The van der Waals surface area contributed by atoms with Crippen LogP contribution in [-0.2, 0) is 21.9 Å². The predicted molar refractivity (Wildman–Crippen MR) is 94.4 cm³/mol. The summed E-state index contributed by atoms with van der Waals surface area (Å²) in [5, 5.41) is 3.44. The first-order valence-corrected chi connectivity index (χ1v) is 8.98. The van der Waals surface area contributed by atoms with E-state index >= 15 is 0 Å². The van der Waals surface area contributed by atoms with Crippen LogP contribution in [0, 0.1) is 0 Å². The van der Waals surface area contributed by atoms with Crippen LogP contribution >= 0.6 is 11.8 Å². The summed E-state index contributed by atoms with van der Waals surface area (Å²) in [5.74, 6) is -1.54. The summed E-state index contributed by atoms with van der Waals surface area (Å²) in [7, 11) is 0. The molecule has 1 unspecified atom stereocenters. The minimum atomic E-state index is -4.67. The Morgan fingerprint density at radius 1 is 1.03 bits per heavy atom. The van der Waals surface area contributed by atoms with Gasteiger partial charge < -0.3 is 10.6 Å². The van der Waals surface area contributed by atoms with Crippen molar-refractivity contribution in [1.82, 2.24) is 0 Å². The van der Waals surface area contributed by atoms with Crippen LogP contribution in [0.25, 0.3) is 0 Å². The van der Waals surface area contributed by atoms with Gasteiger partial charge in [-0.3, -0.25) is 9.59 Å². The number of alkyl halides is 6. The highest BCUT2D eigenvalue weighted by atomic mass is 32.2. The summed E-state index contributed by atoms with van der Waals surface area (Å²) >= 11 is 0.871. The summed E-state index contributed by atoms with van der Waals surface area (Å²) < 4.78 is 77.3. The second-order valence-corrected chi connectivity index (χ2v) is 7.34. The summed E-state index contributed by atoms with van der Waals surface area (Å²) in [6, 6.07) is 7.20. The van der Waals surface area contributed by atoms with Crippen molar-refractivity contribution >= 4 is 35.0 Å². The molecule has 4 nitrogen and oxygen atoms in total. The number of carbonyl (C=O) groups excluding carboxylic acids is 2. The Morgan fingerprint density at radius 2 is 1.72 bits per heavy atom. The molecule has 2 N–H and O–H groups in total. The molecule has 0 spiro atoms. The lowest BCUT2D eigenvalue weighted by atomic mass is 10.1. The Balaban J connectivity index is 1.72. The predicted octanol–water partition coefficient (Wildman–Crippen LogP) is 5.17. The van der Waals surface area contributed by atoms with Gasteiger partial charge in [0, 0.05) is 11.3 Å². The Labute approximate surface area is 164 Å². The summed E-state index contributed by atoms with van der Waals surface area (Å²) in [5.41, 5.74) is -2.44. The molecule has 0 bridgehead atoms. The smallest absolute Gasteiger partial charge is 0.325 e. The first-order valence-electron chi connectivity index (χ1n) is 8.10. The Morgan fingerprint density at radius 3 is 2.38 bits per heavy atom. The molecule has 2 aromatic rings. The minimum Gasteiger partial charge on any atom is -0.325 e. The molecule has 1 aliphatic rings. The van der Waals surface area contributed by atoms with Crippen LogP contribution in [0.5, 0.6) is 0 Å². The largest absolute Gasteiger partial charge is 0.418 e. The number of para-hydroxylation sites is 1. The van der Waals surface area contributed by atoms with E-state index in [2.05, 4.69) is 10.6 Å². The molecule has 1 aliphatic heterocycles. The number of carbonyl (C=O) groups is 2. The molecule has 0 aromatic heterocycles. The maximum atomic E-state index is 13.0. The average molecular weight is 434 g/mol. The zero-order valence-corrected chi connectivity index (χ0v) is 15.1. The van der Waals surface area contributed by atoms with Gasteiger partial charge in [-0.15, -0.1) is 11.8 Å². The Kier molecular flexibility index (Phi) is 5.52. The molecule has 29 heavy (non-hydrogen) atoms. The van der Waals surface area contributed by atoms with Gasteiger partial charge in [0.1, 0.15) is 0 Å². The van der Waals surface area contributed by atoms with Crippen LogP contribution in [0.3, 0.4) is 0 Å². The van der Waals surface area contributed by atoms with Crippen molar-refractivity contribution in [2.45, 2.75) is 28.9 Å². The zero-order chi connectivity index (χ0) is 21.4. The third kappa shape index (κ3) is 4.84. The molecule has 0 saturated carbocycles. The summed E-state index contributed by atoms with van der Waals surface area (Å²) in [4.78, 5) is 24.7. The molecular formula is C18H12F6N2O2S. The maximum absolute atomic E-state index is 13.0. The van der Waals surface area contributed by atoms with Crippen LogP contribution < -0.4 is 10.6 Å². The van der Waals surface area contributed by atoms with Crippen molar-refractivity contribution in [1.29, 1.82) is 0 Å². The minimum absolute atomic E-state index is 0.0334. The van der Waals surface area contributed by atoms with Gasteiger partial charge >= 0.3 is 12.4 Å². The molecule has 11 heteroatoms. The number of fused-ring (bicyclic) bond motifs is 1. The lowest BCUT2D eigenvalue weighted by Gasteiger charge is -2.24. The molecule has 0 fully saturated rings. The summed E-state index contributed by atoms with van der Waals surface area (Å²) in [6.45, 7) is 0. The van der Waals surface area contributed by atoms with E-state index in [-0.39, 0.29) is 5.69 Å². The quantitative estimate of drug-likeness (QED) is 0.656. The van der Waals surface area contributed by atoms with Crippen molar-refractivity contribution in [3.05, 3.63) is 53.6 Å². The fourth-order valence-corrected chi connectivity index (χ4v) is 3.76. The number of rotatable bonds is 3. The van der Waals surface area contributed by atoms with E-state index < -0.39 is 52.7 Å². The van der Waals surface area contributed by atoms with Crippen LogP contribution in [0.2, 0.25) is 0 Å². The van der Waals surface area contributed by atoms with Crippen LogP contribution in [0.1, 0.15) is 17.5 Å². The van der Waals surface area contributed by atoms with Gasteiger partial charge in [0.15, 0.2) is 0 Å². The molecular weight excluding hydrogens is 422 g/mol. The Hall–Kier alpha value is -2.69. The van der Waals surface area contributed by atoms with Crippen molar-refractivity contribution in [2.75, 3.05) is 10.6 Å².